The van der Waals surface area contributed by atoms with Crippen LogP contribution in [0.5, 0.6) is 11.5 Å². The van der Waals surface area contributed by atoms with E-state index in [1.807, 2.05) is 44.2 Å². The van der Waals surface area contributed by atoms with Crippen LogP contribution in [0.3, 0.4) is 0 Å². The molecule has 0 aliphatic rings. The number of nitrogens with one attached hydrogen (secondary N) is 2. The van der Waals surface area contributed by atoms with Gasteiger partial charge in [-0.3, -0.25) is 9.59 Å². The van der Waals surface area contributed by atoms with Gasteiger partial charge in [-0.2, -0.15) is 5.26 Å². The smallest absolute Gasteiger partial charge is 0.266 e. The zero-order valence-corrected chi connectivity index (χ0v) is 19.5. The van der Waals surface area contributed by atoms with Crippen LogP contribution in [-0.4, -0.2) is 24.1 Å². The molecule has 0 atom stereocenters. The third-order valence-corrected chi connectivity index (χ3v) is 5.34. The van der Waals surface area contributed by atoms with E-state index in [0.29, 0.717) is 39.4 Å². The minimum atomic E-state index is -0.458. The molecule has 0 fully saturated rings. The summed E-state index contributed by atoms with van der Waals surface area (Å²) in [6, 6.07) is 14.5. The number of amides is 1. The Hall–Kier alpha value is -3.57. The summed E-state index contributed by atoms with van der Waals surface area (Å²) in [5, 5.41) is 12.3. The number of aromatic amines is 1. The van der Waals surface area contributed by atoms with Crippen molar-refractivity contribution in [3.63, 3.8) is 0 Å². The maximum atomic E-state index is 12.4. The second-order valence-electron chi connectivity index (χ2n) is 7.05. The third kappa shape index (κ3) is 5.18. The lowest BCUT2D eigenvalue weighted by Gasteiger charge is -2.16. The first-order chi connectivity index (χ1) is 15.3. The Morgan fingerprint density at radius 1 is 1.12 bits per heavy atom. The largest absolute Gasteiger partial charge is 0.490 e. The Kier molecular flexibility index (Phi) is 7.33. The summed E-state index contributed by atoms with van der Waals surface area (Å²) in [7, 11) is 0. The second-order valence-corrected chi connectivity index (χ2v) is 7.90. The van der Waals surface area contributed by atoms with Gasteiger partial charge in [-0.05, 0) is 50.6 Å². The number of aromatic nitrogens is 1. The molecule has 0 radical (unpaired) electrons. The molecule has 1 amide bonds. The normalized spacial score (nSPS) is 10.3. The highest BCUT2D eigenvalue weighted by atomic mass is 79.9. The Morgan fingerprint density at radius 3 is 2.53 bits per heavy atom. The number of nitriles is 1. The Labute approximate surface area is 194 Å². The van der Waals surface area contributed by atoms with Gasteiger partial charge in [0.15, 0.2) is 18.1 Å². The third-order valence-electron chi connectivity index (χ3n) is 4.68. The van der Waals surface area contributed by atoms with Gasteiger partial charge in [-0.25, -0.2) is 0 Å². The minimum absolute atomic E-state index is 0.00465. The van der Waals surface area contributed by atoms with Crippen molar-refractivity contribution in [2.75, 3.05) is 18.5 Å². The molecule has 8 heteroatoms. The molecule has 0 bridgehead atoms. The van der Waals surface area contributed by atoms with E-state index in [4.69, 9.17) is 9.47 Å². The zero-order valence-electron chi connectivity index (χ0n) is 17.9. The number of hydrogen-bond acceptors (Lipinski definition) is 5. The summed E-state index contributed by atoms with van der Waals surface area (Å²) >= 11 is 3.49. The van der Waals surface area contributed by atoms with Gasteiger partial charge >= 0.3 is 0 Å². The van der Waals surface area contributed by atoms with Crippen molar-refractivity contribution in [2.24, 2.45) is 0 Å². The number of pyridine rings is 1. The summed E-state index contributed by atoms with van der Waals surface area (Å²) in [6.45, 7) is 5.63. The number of rotatable bonds is 7. The predicted molar refractivity (Wildman–Crippen MR) is 126 cm³/mol. The fourth-order valence-electron chi connectivity index (χ4n) is 3.18. The van der Waals surface area contributed by atoms with Crippen LogP contribution in [-0.2, 0) is 4.79 Å². The van der Waals surface area contributed by atoms with Crippen LogP contribution in [0.15, 0.2) is 51.7 Å². The maximum absolute atomic E-state index is 12.4. The first-order valence-electron chi connectivity index (χ1n) is 9.93. The van der Waals surface area contributed by atoms with E-state index in [1.54, 1.807) is 25.1 Å². The van der Waals surface area contributed by atoms with Crippen molar-refractivity contribution < 1.29 is 14.3 Å². The van der Waals surface area contributed by atoms with Gasteiger partial charge in [-0.1, -0.05) is 34.1 Å². The first-order valence-corrected chi connectivity index (χ1v) is 10.7. The Balaban J connectivity index is 1.90. The molecular formula is C24H22BrN3O4. The van der Waals surface area contributed by atoms with Crippen molar-refractivity contribution in [2.45, 2.75) is 20.8 Å². The molecule has 2 aromatic carbocycles. The van der Waals surface area contributed by atoms with E-state index in [0.717, 1.165) is 11.3 Å². The van der Waals surface area contributed by atoms with Gasteiger partial charge in [0.2, 0.25) is 0 Å². The predicted octanol–water partition coefficient (Wildman–Crippen LogP) is 4.71. The lowest BCUT2D eigenvalue weighted by Crippen LogP contribution is -2.21. The molecule has 32 heavy (non-hydrogen) atoms. The number of anilines is 1. The number of carbonyl (C=O) groups is 1. The van der Waals surface area contributed by atoms with Gasteiger partial charge in [-0.15, -0.1) is 0 Å². The number of carbonyl (C=O) groups excluding carboxylic acids is 1. The lowest BCUT2D eigenvalue weighted by atomic mass is 10.0. The molecule has 0 aliphatic heterocycles. The molecule has 0 saturated heterocycles. The molecule has 1 aromatic heterocycles. The van der Waals surface area contributed by atoms with Crippen molar-refractivity contribution in [1.82, 2.24) is 4.98 Å². The van der Waals surface area contributed by atoms with Gasteiger partial charge in [0.05, 0.1) is 6.61 Å². The summed E-state index contributed by atoms with van der Waals surface area (Å²) in [4.78, 5) is 27.2. The zero-order chi connectivity index (χ0) is 23.3. The molecule has 164 valence electrons. The second kappa shape index (κ2) is 10.2. The van der Waals surface area contributed by atoms with Crippen LogP contribution in [0.25, 0.3) is 11.1 Å². The fourth-order valence-corrected chi connectivity index (χ4v) is 3.71. The average molecular weight is 496 g/mol. The molecule has 0 saturated carbocycles. The minimum Gasteiger partial charge on any atom is -0.490 e. The van der Waals surface area contributed by atoms with Gasteiger partial charge < -0.3 is 19.8 Å². The molecular weight excluding hydrogens is 474 g/mol. The van der Waals surface area contributed by atoms with Crippen molar-refractivity contribution in [3.05, 3.63) is 74.1 Å². The summed E-state index contributed by atoms with van der Waals surface area (Å²) < 4.78 is 12.0. The molecule has 3 aromatic rings. The number of benzene rings is 2. The molecule has 7 nitrogen and oxygen atoms in total. The monoisotopic (exact) mass is 495 g/mol. The molecule has 0 aliphatic carbocycles. The van der Waals surface area contributed by atoms with Crippen molar-refractivity contribution in [1.29, 1.82) is 5.26 Å². The van der Waals surface area contributed by atoms with Crippen LogP contribution >= 0.6 is 15.9 Å². The average Bonchev–Trinajstić information content (AvgIpc) is 2.75. The number of ether oxygens (including phenoxy) is 2. The maximum Gasteiger partial charge on any atom is 0.266 e. The number of aryl methyl sites for hydroxylation is 2. The SMILES string of the molecule is CCOc1cc(-c2cc(C)[nH]c(=O)c2C#N)c(Br)cc1OCC(=O)Nc1ccccc1C. The van der Waals surface area contributed by atoms with Crippen LogP contribution in [0.1, 0.15) is 23.7 Å². The number of para-hydroxylation sites is 1. The highest BCUT2D eigenvalue weighted by molar-refractivity contribution is 9.10. The summed E-state index contributed by atoms with van der Waals surface area (Å²) in [6.07, 6.45) is 0. The van der Waals surface area contributed by atoms with Gasteiger partial charge in [0.25, 0.3) is 11.5 Å². The molecule has 0 spiro atoms. The van der Waals surface area contributed by atoms with E-state index >= 15 is 0 Å². The Morgan fingerprint density at radius 2 is 1.84 bits per heavy atom. The van der Waals surface area contributed by atoms with E-state index < -0.39 is 5.56 Å². The lowest BCUT2D eigenvalue weighted by molar-refractivity contribution is -0.118. The van der Waals surface area contributed by atoms with Crippen LogP contribution in [0.4, 0.5) is 5.69 Å². The number of nitrogens with zero attached hydrogens (tertiary/aromatic N) is 1. The van der Waals surface area contributed by atoms with Crippen LogP contribution in [0.2, 0.25) is 0 Å². The Bertz CT molecular complexity index is 1260. The van der Waals surface area contributed by atoms with Crippen molar-refractivity contribution >= 4 is 27.5 Å². The quantitative estimate of drug-likeness (QED) is 0.493. The highest BCUT2D eigenvalue weighted by Gasteiger charge is 2.18. The molecule has 2 N–H and O–H groups in total. The number of hydrogen-bond donors (Lipinski definition) is 2. The molecule has 1 heterocycles. The molecule has 3 rings (SSSR count). The van der Waals surface area contributed by atoms with E-state index in [9.17, 15) is 14.9 Å². The highest BCUT2D eigenvalue weighted by Crippen LogP contribution is 2.39. The number of H-pyrrole nitrogens is 1. The summed E-state index contributed by atoms with van der Waals surface area (Å²) in [5.41, 5.74) is 2.93. The van der Waals surface area contributed by atoms with E-state index in [-0.39, 0.29) is 18.1 Å². The van der Waals surface area contributed by atoms with Gasteiger partial charge in [0, 0.05) is 27.0 Å². The first kappa shape index (κ1) is 23.1. The van der Waals surface area contributed by atoms with Crippen LogP contribution in [0, 0.1) is 25.2 Å². The fraction of sp³-hybridized carbons (Fsp3) is 0.208. The molecule has 0 unspecified atom stereocenters. The number of halogens is 1. The van der Waals surface area contributed by atoms with Gasteiger partial charge in [0.1, 0.15) is 11.6 Å². The van der Waals surface area contributed by atoms with E-state index in [2.05, 4.69) is 26.2 Å². The van der Waals surface area contributed by atoms with Crippen molar-refractivity contribution in [3.8, 4) is 28.7 Å². The standard InChI is InChI=1S/C24H22BrN3O4/c1-4-31-21-10-17(16-9-15(3)27-24(30)18(16)12-26)19(25)11-22(21)32-13-23(29)28-20-8-6-5-7-14(20)2/h5-11H,4,13H2,1-3H3,(H,27,30)(H,28,29). The van der Waals surface area contributed by atoms with E-state index in [1.165, 1.54) is 0 Å². The summed E-state index contributed by atoms with van der Waals surface area (Å²) in [5.74, 6) is 0.456. The topological polar surface area (TPSA) is 104 Å². The van der Waals surface area contributed by atoms with Crippen LogP contribution < -0.4 is 20.3 Å².